The second kappa shape index (κ2) is 14.9. The number of hydrogen-bond acceptors (Lipinski definition) is 7. The average molecular weight is 717 g/mol. The van der Waals surface area contributed by atoms with Gasteiger partial charge in [-0.3, -0.25) is 9.78 Å². The quantitative estimate of drug-likeness (QED) is 0.263. The number of likely N-dealkylation sites (tertiary alicyclic amines) is 1. The van der Waals surface area contributed by atoms with Gasteiger partial charge in [-0.1, -0.05) is 18.2 Å². The Bertz CT molecular complexity index is 1740. The second-order valence-electron chi connectivity index (χ2n) is 12.6. The lowest BCUT2D eigenvalue weighted by atomic mass is 9.81. The molecule has 1 aliphatic carbocycles. The molecule has 2 heterocycles. The van der Waals surface area contributed by atoms with Crippen molar-refractivity contribution >= 4 is 38.3 Å². The maximum atomic E-state index is 13.8. The number of carboxylic acids is 1. The minimum Gasteiger partial charge on any atom is -0.475 e. The van der Waals surface area contributed by atoms with E-state index in [1.807, 2.05) is 0 Å². The molecule has 49 heavy (non-hydrogen) atoms. The zero-order valence-electron chi connectivity index (χ0n) is 27.0. The number of anilines is 1. The predicted octanol–water partition coefficient (Wildman–Crippen LogP) is 6.25. The van der Waals surface area contributed by atoms with E-state index in [4.69, 9.17) is 9.90 Å². The topological polar surface area (TPSA) is 120 Å². The van der Waals surface area contributed by atoms with Gasteiger partial charge in [0.1, 0.15) is 6.04 Å². The van der Waals surface area contributed by atoms with Gasteiger partial charge in [-0.05, 0) is 88.9 Å². The van der Waals surface area contributed by atoms with Crippen LogP contribution in [0.25, 0.3) is 10.9 Å². The van der Waals surface area contributed by atoms with Gasteiger partial charge in [0.15, 0.2) is 9.84 Å². The predicted molar refractivity (Wildman–Crippen MR) is 170 cm³/mol. The molecule has 5 rings (SSSR count). The number of carbonyl (C=O) groups excluding carboxylic acids is 1. The highest BCUT2D eigenvalue weighted by Gasteiger charge is 2.44. The van der Waals surface area contributed by atoms with Crippen molar-refractivity contribution in [3.05, 3.63) is 66.4 Å². The number of rotatable bonds is 8. The third kappa shape index (κ3) is 9.21. The smallest absolute Gasteiger partial charge is 0.475 e. The van der Waals surface area contributed by atoms with E-state index in [9.17, 15) is 39.6 Å². The highest BCUT2D eigenvalue weighted by molar-refractivity contribution is 7.91. The zero-order chi connectivity index (χ0) is 36.3. The number of fused-ring (bicyclic) bond motifs is 1. The Labute approximate surface area is 280 Å². The molecule has 3 aromatic rings. The third-order valence-electron chi connectivity index (χ3n) is 9.12. The summed E-state index contributed by atoms with van der Waals surface area (Å²) in [5, 5.41) is 10.6. The molecule has 4 atom stereocenters. The highest BCUT2D eigenvalue weighted by atomic mass is 32.2. The first-order chi connectivity index (χ1) is 22.8. The molecule has 9 nitrogen and oxygen atoms in total. The van der Waals surface area contributed by atoms with Crippen molar-refractivity contribution in [3.8, 4) is 0 Å². The molecule has 1 saturated heterocycles. The Morgan fingerprint density at radius 3 is 2.29 bits per heavy atom. The second-order valence-corrected chi connectivity index (χ2v) is 14.6. The van der Waals surface area contributed by atoms with E-state index in [0.717, 1.165) is 18.6 Å². The van der Waals surface area contributed by atoms with Gasteiger partial charge in [-0.15, -0.1) is 0 Å². The van der Waals surface area contributed by atoms with E-state index in [-0.39, 0.29) is 34.6 Å². The van der Waals surface area contributed by atoms with Gasteiger partial charge in [0, 0.05) is 41.9 Å². The van der Waals surface area contributed by atoms with Crippen LogP contribution in [0, 0.1) is 5.92 Å². The number of sulfone groups is 1. The molecule has 0 radical (unpaired) electrons. The zero-order valence-corrected chi connectivity index (χ0v) is 27.8. The Balaban J connectivity index is 0.000000698. The van der Waals surface area contributed by atoms with Crippen molar-refractivity contribution in [1.29, 1.82) is 0 Å². The van der Waals surface area contributed by atoms with Gasteiger partial charge in [-0.2, -0.15) is 26.3 Å². The number of alkyl halides is 6. The highest BCUT2D eigenvalue weighted by Crippen LogP contribution is 2.37. The van der Waals surface area contributed by atoms with Crippen molar-refractivity contribution in [2.75, 3.05) is 24.7 Å². The van der Waals surface area contributed by atoms with E-state index in [2.05, 4.69) is 36.1 Å². The average Bonchev–Trinajstić information content (AvgIpc) is 3.39. The van der Waals surface area contributed by atoms with Crippen molar-refractivity contribution in [2.45, 2.75) is 80.9 Å². The van der Waals surface area contributed by atoms with Crippen LogP contribution >= 0.6 is 0 Å². The molecule has 0 bridgehead atoms. The van der Waals surface area contributed by atoms with Crippen molar-refractivity contribution in [3.63, 3.8) is 0 Å². The number of benzene rings is 2. The van der Waals surface area contributed by atoms with Crippen LogP contribution in [0.15, 0.2) is 65.7 Å². The summed E-state index contributed by atoms with van der Waals surface area (Å²) in [5.74, 6) is -3.22. The number of pyridine rings is 1. The molecule has 0 spiro atoms. The molecular formula is C33H38F6N4O5S. The largest absolute Gasteiger partial charge is 0.490 e. The maximum absolute atomic E-state index is 13.8. The van der Waals surface area contributed by atoms with Crippen LogP contribution < -0.4 is 5.32 Å². The maximum Gasteiger partial charge on any atom is 0.490 e. The third-order valence-corrected chi connectivity index (χ3v) is 11.0. The molecule has 16 heteroatoms. The molecule has 1 amide bonds. The van der Waals surface area contributed by atoms with Crippen LogP contribution in [0.1, 0.15) is 45.1 Å². The van der Waals surface area contributed by atoms with Crippen molar-refractivity contribution < 1.29 is 49.5 Å². The van der Waals surface area contributed by atoms with Crippen LogP contribution in [0.2, 0.25) is 0 Å². The minimum atomic E-state index is -5.08. The molecule has 2 aliphatic rings. The fourth-order valence-electron chi connectivity index (χ4n) is 6.41. The molecule has 0 unspecified atom stereocenters. The van der Waals surface area contributed by atoms with Crippen molar-refractivity contribution in [1.82, 2.24) is 14.8 Å². The summed E-state index contributed by atoms with van der Waals surface area (Å²) in [6.07, 6.45) is -5.43. The number of nitrogens with zero attached hydrogens (tertiary/aromatic N) is 3. The Hall–Kier alpha value is -3.92. The summed E-state index contributed by atoms with van der Waals surface area (Å²) in [5.41, 5.74) is 0.0295. The summed E-state index contributed by atoms with van der Waals surface area (Å²) < 4.78 is 98.9. The van der Waals surface area contributed by atoms with Crippen LogP contribution in [-0.4, -0.2) is 89.9 Å². The fraction of sp³-hybridized carbons (Fsp3) is 0.485. The Kier molecular flexibility index (Phi) is 11.5. The van der Waals surface area contributed by atoms with Crippen molar-refractivity contribution in [2.24, 2.45) is 5.92 Å². The number of hydrogen-bond donors (Lipinski definition) is 2. The first-order valence-corrected chi connectivity index (χ1v) is 17.3. The van der Waals surface area contributed by atoms with E-state index in [0.29, 0.717) is 48.4 Å². The summed E-state index contributed by atoms with van der Waals surface area (Å²) in [6, 6.07) is 13.0. The molecule has 2 N–H and O–H groups in total. The monoisotopic (exact) mass is 716 g/mol. The first kappa shape index (κ1) is 37.9. The van der Waals surface area contributed by atoms with E-state index in [1.165, 1.54) is 12.3 Å². The number of nitrogens with one attached hydrogen (secondary N) is 1. The Morgan fingerprint density at radius 2 is 1.69 bits per heavy atom. The summed E-state index contributed by atoms with van der Waals surface area (Å²) in [6.45, 7) is 4.68. The van der Waals surface area contributed by atoms with Gasteiger partial charge < -0.3 is 20.2 Å². The molecule has 2 aromatic carbocycles. The molecule has 1 saturated carbocycles. The lowest BCUT2D eigenvalue weighted by Crippen LogP contribution is -2.52. The van der Waals surface area contributed by atoms with E-state index < -0.39 is 39.8 Å². The van der Waals surface area contributed by atoms with E-state index >= 15 is 0 Å². The summed E-state index contributed by atoms with van der Waals surface area (Å²) in [4.78, 5) is 31.2. The first-order valence-electron chi connectivity index (χ1n) is 15.6. The van der Waals surface area contributed by atoms with Crippen LogP contribution in [-0.2, 0) is 25.6 Å². The van der Waals surface area contributed by atoms with Gasteiger partial charge in [-0.25, -0.2) is 13.2 Å². The van der Waals surface area contributed by atoms with Crippen LogP contribution in [0.4, 0.5) is 32.0 Å². The number of carbonyl (C=O) groups is 2. The number of carboxylic acid groups (broad SMARTS) is 1. The van der Waals surface area contributed by atoms with Crippen LogP contribution in [0.5, 0.6) is 0 Å². The molecular weight excluding hydrogens is 678 g/mol. The molecule has 1 aromatic heterocycles. The summed E-state index contributed by atoms with van der Waals surface area (Å²) >= 11 is 0. The van der Waals surface area contributed by atoms with Gasteiger partial charge in [0.2, 0.25) is 5.91 Å². The minimum absolute atomic E-state index is 0.0544. The lowest BCUT2D eigenvalue weighted by molar-refractivity contribution is -0.192. The van der Waals surface area contributed by atoms with E-state index in [1.54, 1.807) is 41.3 Å². The SMILES string of the molecule is CC(C)N(C)[C@@H]1CC[C@H](N2CC[C@H](Nc3ccnc4ccc(C(F)(F)F)cc34)C2=O)[C@H](CS(=O)(=O)c2ccccc2)C1.O=C(O)C(F)(F)F. The number of amides is 1. The molecule has 1 aliphatic heterocycles. The summed E-state index contributed by atoms with van der Waals surface area (Å²) in [7, 11) is -1.52. The van der Waals surface area contributed by atoms with Crippen LogP contribution in [0.3, 0.4) is 0 Å². The number of halogens is 6. The fourth-order valence-corrected chi connectivity index (χ4v) is 8.10. The van der Waals surface area contributed by atoms with Gasteiger partial charge in [0.25, 0.3) is 0 Å². The number of aromatic nitrogens is 1. The molecule has 2 fully saturated rings. The molecule has 268 valence electrons. The van der Waals surface area contributed by atoms with Gasteiger partial charge in [0.05, 0.1) is 21.7 Å². The lowest BCUT2D eigenvalue weighted by Gasteiger charge is -2.44. The standard InChI is InChI=1S/C31H37F3N4O3S.C2HF3O2/c1-20(2)37(3)23-10-12-29(21(17-23)19-42(40,41)24-7-5-4-6-8-24)38-16-14-28(30(38)39)36-27-13-15-35-26-11-9-22(18-25(26)27)31(32,33)34;3-2(4,5)1(6)7/h4-9,11,13,15,18,20-21,23,28-29H,10,12,14,16-17,19H2,1-3H3,(H,35,36);(H,6,7)/t21-,23+,28-,29-;/m0./s1. The Morgan fingerprint density at radius 1 is 1.04 bits per heavy atom. The normalized spacial score (nSPS) is 21.9. The van der Waals surface area contributed by atoms with Gasteiger partial charge >= 0.3 is 18.3 Å². The number of aliphatic carboxylic acids is 1.